The van der Waals surface area contributed by atoms with Crippen LogP contribution in [0.15, 0.2) is 18.2 Å². The highest BCUT2D eigenvalue weighted by Gasteiger charge is 2.92. The molecule has 1 aromatic carbocycles. The molecule has 0 aliphatic heterocycles. The minimum absolute atomic E-state index is 0.189. The van der Waals surface area contributed by atoms with Crippen molar-refractivity contribution in [2.75, 3.05) is 23.8 Å². The van der Waals surface area contributed by atoms with E-state index in [1.165, 1.54) is 5.32 Å². The molecular weight excluding hydrogens is 886 g/mol. The third kappa shape index (κ3) is 8.86. The first-order valence-electron chi connectivity index (χ1n) is 13.8. The van der Waals surface area contributed by atoms with Gasteiger partial charge in [0.2, 0.25) is 0 Å². The SMILES string of the molecule is Cc1ccc(NC(=O)OCCC(F)(F)C(F)(F)C(F)(F)C(F)(F)C(F)(F)C(F)(F)F)cc1NC(=O)OCCC(F)(F)C(F)(F)C(F)(F)C(F)(F)C(F)(F)C(F)(F)F. The zero-order valence-electron chi connectivity index (χ0n) is 26.5. The number of benzene rings is 1. The number of carbonyl (C=O) groups is 2. The molecule has 1 aromatic rings. The van der Waals surface area contributed by atoms with Crippen LogP contribution in [0.5, 0.6) is 0 Å². The average Bonchev–Trinajstić information content (AvgIpc) is 3.00. The fourth-order valence-corrected chi connectivity index (χ4v) is 3.60. The predicted molar refractivity (Wildman–Crippen MR) is 132 cm³/mol. The third-order valence-corrected chi connectivity index (χ3v) is 7.02. The summed E-state index contributed by atoms with van der Waals surface area (Å²) in [7, 11) is 0. The molecular formula is C25H16F26N2O4. The number of aryl methyl sites for hydroxylation is 1. The smallest absolute Gasteiger partial charge is 0.449 e. The van der Waals surface area contributed by atoms with Crippen molar-refractivity contribution in [1.29, 1.82) is 0 Å². The van der Waals surface area contributed by atoms with Crippen molar-refractivity contribution in [3.8, 4) is 0 Å². The number of alkyl halides is 26. The van der Waals surface area contributed by atoms with Crippen molar-refractivity contribution < 1.29 is 133 Å². The largest absolute Gasteiger partial charge is 0.460 e. The average molecular weight is 902 g/mol. The van der Waals surface area contributed by atoms with Gasteiger partial charge < -0.3 is 9.47 Å². The molecule has 0 spiro atoms. The summed E-state index contributed by atoms with van der Waals surface area (Å²) in [5.41, 5.74) is -1.59. The molecule has 0 fully saturated rings. The van der Waals surface area contributed by atoms with E-state index < -0.39 is 121 Å². The number of nitrogens with one attached hydrogen (secondary N) is 2. The summed E-state index contributed by atoms with van der Waals surface area (Å²) in [6.07, 6.45) is -25.4. The van der Waals surface area contributed by atoms with Crippen LogP contribution in [0.2, 0.25) is 0 Å². The Bertz CT molecular complexity index is 1600. The summed E-state index contributed by atoms with van der Waals surface area (Å²) in [5, 5.41) is 3.06. The monoisotopic (exact) mass is 902 g/mol. The Balaban J connectivity index is 2.98. The van der Waals surface area contributed by atoms with E-state index in [2.05, 4.69) is 9.47 Å². The number of ether oxygens (including phenoxy) is 2. The van der Waals surface area contributed by atoms with E-state index in [1.807, 2.05) is 0 Å². The summed E-state index contributed by atoms with van der Waals surface area (Å²) in [5.74, 6) is -77.3. The molecule has 57 heavy (non-hydrogen) atoms. The van der Waals surface area contributed by atoms with Crippen molar-refractivity contribution >= 4 is 23.6 Å². The Morgan fingerprint density at radius 3 is 1.07 bits per heavy atom. The van der Waals surface area contributed by atoms with Crippen molar-refractivity contribution in [3.63, 3.8) is 0 Å². The van der Waals surface area contributed by atoms with Gasteiger partial charge in [-0.2, -0.15) is 114 Å². The summed E-state index contributed by atoms with van der Waals surface area (Å²) in [6.45, 7) is -3.41. The summed E-state index contributed by atoms with van der Waals surface area (Å²) >= 11 is 0. The number of halogens is 26. The number of rotatable bonds is 16. The molecule has 6 nitrogen and oxygen atoms in total. The Morgan fingerprint density at radius 1 is 0.456 bits per heavy atom. The van der Waals surface area contributed by atoms with Gasteiger partial charge in [0.25, 0.3) is 0 Å². The number of hydrogen-bond donors (Lipinski definition) is 2. The van der Waals surface area contributed by atoms with Gasteiger partial charge in [0.1, 0.15) is 0 Å². The van der Waals surface area contributed by atoms with Gasteiger partial charge in [-0.05, 0) is 24.6 Å². The molecule has 0 atom stereocenters. The molecule has 2 amide bonds. The Labute approximate surface area is 296 Å². The molecule has 1 rings (SSSR count). The van der Waals surface area contributed by atoms with Gasteiger partial charge in [-0.3, -0.25) is 10.6 Å². The highest BCUT2D eigenvalue weighted by atomic mass is 19.4. The lowest BCUT2D eigenvalue weighted by Gasteiger charge is -2.39. The normalized spacial score (nSPS) is 15.0. The van der Waals surface area contributed by atoms with E-state index in [4.69, 9.17) is 0 Å². The summed E-state index contributed by atoms with van der Waals surface area (Å²) < 4.78 is 350. The maximum Gasteiger partial charge on any atom is 0.460 e. The van der Waals surface area contributed by atoms with Crippen molar-refractivity contribution in [2.45, 2.75) is 91.3 Å². The van der Waals surface area contributed by atoms with Gasteiger partial charge in [0.15, 0.2) is 0 Å². The Hall–Kier alpha value is -4.06. The van der Waals surface area contributed by atoms with Crippen LogP contribution in [0, 0.1) is 6.92 Å². The number of anilines is 2. The third-order valence-electron chi connectivity index (χ3n) is 7.02. The first kappa shape index (κ1) is 51.0. The molecule has 0 heterocycles. The van der Waals surface area contributed by atoms with Gasteiger partial charge in [0.05, 0.1) is 26.1 Å². The first-order valence-corrected chi connectivity index (χ1v) is 13.8. The maximum absolute atomic E-state index is 13.9. The van der Waals surface area contributed by atoms with Crippen LogP contribution in [-0.4, -0.2) is 97.0 Å². The molecule has 0 saturated heterocycles. The fourth-order valence-electron chi connectivity index (χ4n) is 3.60. The van der Waals surface area contributed by atoms with Crippen molar-refractivity contribution in [2.24, 2.45) is 0 Å². The standard InChI is InChI=1S/C25H16F26N2O4/c1-9-2-3-10(52-12(54)56-6-4-14(26,27)16(30,31)18(34,35)20(38,39)22(42,43)24(46,47)48)8-11(9)53-13(55)57-7-5-15(28,29)17(32,33)19(36,37)21(40,41)23(44,45)25(49,50)51/h2-3,8H,4-7H2,1H3,(H,52,54)(H,53,55). The minimum atomic E-state index is -8.20. The molecule has 0 aliphatic carbocycles. The fraction of sp³-hybridized carbons (Fsp3) is 0.680. The van der Waals surface area contributed by atoms with Crippen molar-refractivity contribution in [3.05, 3.63) is 23.8 Å². The minimum Gasteiger partial charge on any atom is -0.449 e. The van der Waals surface area contributed by atoms with Gasteiger partial charge in [-0.25, -0.2) is 9.59 Å². The summed E-state index contributed by atoms with van der Waals surface area (Å²) in [4.78, 5) is 23.7. The van der Waals surface area contributed by atoms with Gasteiger partial charge in [0, 0.05) is 11.4 Å². The molecule has 332 valence electrons. The molecule has 2 N–H and O–H groups in total. The number of hydrogen-bond acceptors (Lipinski definition) is 4. The molecule has 0 unspecified atom stereocenters. The van der Waals surface area contributed by atoms with E-state index in [9.17, 15) is 124 Å². The first-order chi connectivity index (χ1) is 24.9. The van der Waals surface area contributed by atoms with Crippen molar-refractivity contribution in [1.82, 2.24) is 0 Å². The maximum atomic E-state index is 13.9. The number of amides is 2. The highest BCUT2D eigenvalue weighted by Crippen LogP contribution is 2.62. The van der Waals surface area contributed by atoms with E-state index in [0.717, 1.165) is 19.1 Å². The van der Waals surface area contributed by atoms with Crippen LogP contribution in [0.4, 0.5) is 135 Å². The zero-order chi connectivity index (χ0) is 45.7. The second kappa shape index (κ2) is 15.3. The van der Waals surface area contributed by atoms with E-state index in [0.29, 0.717) is 6.07 Å². The lowest BCUT2D eigenvalue weighted by atomic mass is 9.93. The van der Waals surface area contributed by atoms with E-state index in [-0.39, 0.29) is 5.56 Å². The Morgan fingerprint density at radius 2 is 0.754 bits per heavy atom. The van der Waals surface area contributed by atoms with E-state index in [1.54, 1.807) is 5.32 Å². The zero-order valence-corrected chi connectivity index (χ0v) is 26.5. The highest BCUT2D eigenvalue weighted by molar-refractivity contribution is 5.89. The lowest BCUT2D eigenvalue weighted by molar-refractivity contribution is -0.440. The van der Waals surface area contributed by atoms with Crippen LogP contribution >= 0.6 is 0 Å². The second-order valence-electron chi connectivity index (χ2n) is 11.1. The topological polar surface area (TPSA) is 76.7 Å². The van der Waals surface area contributed by atoms with Gasteiger partial charge in [-0.15, -0.1) is 0 Å². The molecule has 0 bridgehead atoms. The summed E-state index contributed by atoms with van der Waals surface area (Å²) in [6, 6.07) is 2.13. The Kier molecular flexibility index (Phi) is 13.7. The molecule has 0 aromatic heterocycles. The molecule has 32 heteroatoms. The number of carbonyl (C=O) groups excluding carboxylic acids is 2. The lowest BCUT2D eigenvalue weighted by Crippen LogP contribution is -2.70. The van der Waals surface area contributed by atoms with Gasteiger partial charge >= 0.3 is 83.8 Å². The second-order valence-corrected chi connectivity index (χ2v) is 11.1. The molecule has 0 aliphatic rings. The van der Waals surface area contributed by atoms with Crippen LogP contribution in [-0.2, 0) is 9.47 Å². The van der Waals surface area contributed by atoms with Gasteiger partial charge in [-0.1, -0.05) is 6.07 Å². The van der Waals surface area contributed by atoms with E-state index >= 15 is 0 Å². The van der Waals surface area contributed by atoms with Crippen LogP contribution in [0.3, 0.4) is 0 Å². The molecule has 0 saturated carbocycles. The van der Waals surface area contributed by atoms with Crippen LogP contribution < -0.4 is 10.6 Å². The molecule has 0 radical (unpaired) electrons. The predicted octanol–water partition coefficient (Wildman–Crippen LogP) is 11.3. The van der Waals surface area contributed by atoms with Crippen LogP contribution in [0.1, 0.15) is 18.4 Å². The van der Waals surface area contributed by atoms with Crippen LogP contribution in [0.25, 0.3) is 0 Å². The quantitative estimate of drug-likeness (QED) is 0.162.